The number of hydrogen-bond donors (Lipinski definition) is 1. The van der Waals surface area contributed by atoms with Crippen molar-refractivity contribution in [3.8, 4) is 5.75 Å². The Kier molecular flexibility index (Phi) is 6.91. The number of nitrogens with zero attached hydrogens (tertiary/aromatic N) is 1. The van der Waals surface area contributed by atoms with Gasteiger partial charge in [0.05, 0.1) is 6.04 Å². The normalized spacial score (nSPS) is 15.1. The van der Waals surface area contributed by atoms with E-state index in [1.54, 1.807) is 24.3 Å². The van der Waals surface area contributed by atoms with Crippen molar-refractivity contribution in [2.75, 3.05) is 18.5 Å². The number of carbonyl (C=O) groups is 2. The van der Waals surface area contributed by atoms with Crippen molar-refractivity contribution in [2.24, 2.45) is 5.92 Å². The quantitative estimate of drug-likeness (QED) is 0.551. The maximum absolute atomic E-state index is 13.6. The van der Waals surface area contributed by atoms with E-state index in [9.17, 15) is 18.4 Å². The molecule has 0 radical (unpaired) electrons. The van der Waals surface area contributed by atoms with E-state index >= 15 is 0 Å². The van der Waals surface area contributed by atoms with Crippen LogP contribution < -0.4 is 10.1 Å². The minimum atomic E-state index is -0.444. The van der Waals surface area contributed by atoms with E-state index in [2.05, 4.69) is 5.32 Å². The summed E-state index contributed by atoms with van der Waals surface area (Å²) in [6.45, 7) is 4.01. The van der Waals surface area contributed by atoms with Gasteiger partial charge in [-0.3, -0.25) is 9.59 Å². The number of halogens is 2. The van der Waals surface area contributed by atoms with Crippen LogP contribution in [0.15, 0.2) is 66.7 Å². The average Bonchev–Trinajstić information content (AvgIpc) is 2.82. The van der Waals surface area contributed by atoms with Crippen LogP contribution in [0.3, 0.4) is 0 Å². The van der Waals surface area contributed by atoms with Crippen LogP contribution in [-0.4, -0.2) is 29.9 Å². The van der Waals surface area contributed by atoms with Crippen LogP contribution in [0.2, 0.25) is 0 Å². The number of ether oxygens (including phenoxy) is 1. The Morgan fingerprint density at radius 2 is 1.79 bits per heavy atom. The number of nitrogens with one attached hydrogen (secondary N) is 1. The molecule has 4 rings (SSSR count). The van der Waals surface area contributed by atoms with Crippen LogP contribution >= 0.6 is 0 Å². The van der Waals surface area contributed by atoms with Crippen molar-refractivity contribution in [3.05, 3.63) is 95.1 Å². The number of fused-ring (bicyclic) bond motifs is 1. The molecule has 0 unspecified atom stereocenters. The summed E-state index contributed by atoms with van der Waals surface area (Å²) in [4.78, 5) is 27.1. The zero-order valence-corrected chi connectivity index (χ0v) is 19.1. The molecule has 1 aliphatic rings. The van der Waals surface area contributed by atoms with Gasteiger partial charge in [0.2, 0.25) is 5.91 Å². The summed E-state index contributed by atoms with van der Waals surface area (Å²) >= 11 is 0. The van der Waals surface area contributed by atoms with Crippen LogP contribution in [0.4, 0.5) is 14.5 Å². The highest BCUT2D eigenvalue weighted by molar-refractivity contribution is 5.91. The van der Waals surface area contributed by atoms with Gasteiger partial charge in [-0.05, 0) is 65.6 Å². The van der Waals surface area contributed by atoms with Crippen molar-refractivity contribution >= 4 is 17.5 Å². The van der Waals surface area contributed by atoms with Crippen LogP contribution in [0.25, 0.3) is 0 Å². The molecule has 0 saturated carbocycles. The van der Waals surface area contributed by atoms with Crippen molar-refractivity contribution in [2.45, 2.75) is 26.3 Å². The van der Waals surface area contributed by atoms with Crippen LogP contribution in [-0.2, 0) is 16.0 Å². The number of anilines is 1. The van der Waals surface area contributed by atoms with Crippen molar-refractivity contribution in [1.29, 1.82) is 0 Å². The van der Waals surface area contributed by atoms with Crippen LogP contribution in [0.1, 0.15) is 36.6 Å². The SMILES string of the molecule is CC(C)C(=O)N1CCc2ccc(OCC(=O)Nc3cccc(F)c3)cc2[C@H]1c1ccc(F)cc1. The van der Waals surface area contributed by atoms with Gasteiger partial charge in [-0.15, -0.1) is 0 Å². The van der Waals surface area contributed by atoms with Gasteiger partial charge in [0.15, 0.2) is 6.61 Å². The van der Waals surface area contributed by atoms with Gasteiger partial charge < -0.3 is 15.0 Å². The summed E-state index contributed by atoms with van der Waals surface area (Å²) in [6, 6.07) is 16.9. The second-order valence-electron chi connectivity index (χ2n) is 8.60. The molecular formula is C27H26F2N2O3. The van der Waals surface area contributed by atoms with E-state index in [-0.39, 0.29) is 30.3 Å². The molecule has 3 aromatic rings. The lowest BCUT2D eigenvalue weighted by Gasteiger charge is -2.39. The van der Waals surface area contributed by atoms with Crippen LogP contribution in [0.5, 0.6) is 5.75 Å². The fourth-order valence-corrected chi connectivity index (χ4v) is 4.17. The predicted octanol–water partition coefficient (Wildman–Crippen LogP) is 5.11. The van der Waals surface area contributed by atoms with Crippen molar-refractivity contribution in [3.63, 3.8) is 0 Å². The highest BCUT2D eigenvalue weighted by Crippen LogP contribution is 2.38. The molecule has 5 nitrogen and oxygen atoms in total. The summed E-state index contributed by atoms with van der Waals surface area (Å²) in [6.07, 6.45) is 0.686. The number of rotatable bonds is 6. The lowest BCUT2D eigenvalue weighted by atomic mass is 9.87. The summed E-state index contributed by atoms with van der Waals surface area (Å²) < 4.78 is 32.6. The topological polar surface area (TPSA) is 58.6 Å². The Morgan fingerprint density at radius 3 is 2.50 bits per heavy atom. The van der Waals surface area contributed by atoms with E-state index in [1.807, 2.05) is 30.9 Å². The molecule has 0 fully saturated rings. The largest absolute Gasteiger partial charge is 0.484 e. The van der Waals surface area contributed by atoms with E-state index in [1.165, 1.54) is 30.3 Å². The Morgan fingerprint density at radius 1 is 1.03 bits per heavy atom. The molecule has 0 spiro atoms. The predicted molar refractivity (Wildman–Crippen MR) is 125 cm³/mol. The molecular weight excluding hydrogens is 438 g/mol. The maximum atomic E-state index is 13.6. The highest BCUT2D eigenvalue weighted by Gasteiger charge is 2.33. The monoisotopic (exact) mass is 464 g/mol. The third-order valence-electron chi connectivity index (χ3n) is 5.79. The first-order chi connectivity index (χ1) is 16.3. The van der Waals surface area contributed by atoms with E-state index in [4.69, 9.17) is 4.74 Å². The van der Waals surface area contributed by atoms with Gasteiger partial charge in [0.1, 0.15) is 17.4 Å². The number of carbonyl (C=O) groups excluding carboxylic acids is 2. The maximum Gasteiger partial charge on any atom is 0.262 e. The van der Waals surface area contributed by atoms with Gasteiger partial charge in [-0.25, -0.2) is 8.78 Å². The summed E-state index contributed by atoms with van der Waals surface area (Å²) in [7, 11) is 0. The highest BCUT2D eigenvalue weighted by atomic mass is 19.1. The molecule has 3 aromatic carbocycles. The van der Waals surface area contributed by atoms with E-state index in [0.29, 0.717) is 24.4 Å². The fourth-order valence-electron chi connectivity index (χ4n) is 4.17. The molecule has 1 heterocycles. The standard InChI is InChI=1S/C27H26F2N2O3/c1-17(2)27(33)31-13-12-18-8-11-23(15-24(18)26(31)19-6-9-20(28)10-7-19)34-16-25(32)30-22-5-3-4-21(29)14-22/h3-11,14-15,17,26H,12-13,16H2,1-2H3,(H,30,32)/t26-/m1/s1. The average molecular weight is 465 g/mol. The third kappa shape index (κ3) is 5.25. The van der Waals surface area contributed by atoms with Crippen LogP contribution in [0, 0.1) is 17.6 Å². The van der Waals surface area contributed by atoms with Gasteiger partial charge in [0, 0.05) is 18.2 Å². The van der Waals surface area contributed by atoms with Gasteiger partial charge in [-0.1, -0.05) is 38.1 Å². The second-order valence-corrected chi connectivity index (χ2v) is 8.60. The molecule has 0 bridgehead atoms. The van der Waals surface area contributed by atoms with E-state index in [0.717, 1.165) is 16.7 Å². The Hall–Kier alpha value is -3.74. The number of benzene rings is 3. The zero-order chi connectivity index (χ0) is 24.2. The molecule has 1 aliphatic heterocycles. The summed E-state index contributed by atoms with van der Waals surface area (Å²) in [5.41, 5.74) is 3.10. The molecule has 1 N–H and O–H groups in total. The number of hydrogen-bond acceptors (Lipinski definition) is 3. The Balaban J connectivity index is 1.57. The van der Waals surface area contributed by atoms with Crippen molar-refractivity contribution in [1.82, 2.24) is 4.90 Å². The summed E-state index contributed by atoms with van der Waals surface area (Å²) in [5.74, 6) is -0.908. The molecule has 0 aliphatic carbocycles. The second kappa shape index (κ2) is 10.0. The van der Waals surface area contributed by atoms with E-state index < -0.39 is 11.7 Å². The molecule has 0 aromatic heterocycles. The van der Waals surface area contributed by atoms with Gasteiger partial charge >= 0.3 is 0 Å². The molecule has 176 valence electrons. The lowest BCUT2D eigenvalue weighted by molar-refractivity contribution is -0.136. The minimum absolute atomic E-state index is 0.0146. The van der Waals surface area contributed by atoms with Crippen molar-refractivity contribution < 1.29 is 23.1 Å². The smallest absolute Gasteiger partial charge is 0.262 e. The summed E-state index contributed by atoms with van der Waals surface area (Å²) in [5, 5.41) is 2.60. The lowest BCUT2D eigenvalue weighted by Crippen LogP contribution is -2.42. The molecule has 34 heavy (non-hydrogen) atoms. The Labute approximate surface area is 197 Å². The van der Waals surface area contributed by atoms with Gasteiger partial charge in [0.25, 0.3) is 5.91 Å². The molecule has 0 saturated heterocycles. The minimum Gasteiger partial charge on any atom is -0.484 e. The zero-order valence-electron chi connectivity index (χ0n) is 19.1. The molecule has 1 atom stereocenters. The fraction of sp³-hybridized carbons (Fsp3) is 0.259. The first kappa shape index (κ1) is 23.4. The van der Waals surface area contributed by atoms with Gasteiger partial charge in [-0.2, -0.15) is 0 Å². The first-order valence-electron chi connectivity index (χ1n) is 11.2. The number of amides is 2. The molecule has 2 amide bonds. The molecule has 7 heteroatoms. The third-order valence-corrected chi connectivity index (χ3v) is 5.79. The Bertz CT molecular complexity index is 1190. The first-order valence-corrected chi connectivity index (χ1v) is 11.2.